The molecule has 0 aromatic rings. The van der Waals surface area contributed by atoms with E-state index in [4.69, 9.17) is 9.47 Å². The molecule has 0 fully saturated rings. The summed E-state index contributed by atoms with van der Waals surface area (Å²) in [5.41, 5.74) is -0.362. The van der Waals surface area contributed by atoms with Crippen molar-refractivity contribution in [3.8, 4) is 0 Å². The Balaban J connectivity index is 3.50. The molecular weight excluding hydrogens is 653 g/mol. The summed E-state index contributed by atoms with van der Waals surface area (Å²) in [7, 11) is 0. The number of unbranched alkanes of at least 4 members (excludes halogenated alkanes) is 30. The Kier molecular flexibility index (Phi) is 40.3. The van der Waals surface area contributed by atoms with E-state index in [2.05, 4.69) is 38.2 Å². The molecule has 0 saturated heterocycles. The maximum absolute atomic E-state index is 12.3. The van der Waals surface area contributed by atoms with Crippen LogP contribution in [-0.4, -0.2) is 25.2 Å². The molecule has 0 bridgehead atoms. The van der Waals surface area contributed by atoms with E-state index in [9.17, 15) is 9.59 Å². The lowest BCUT2D eigenvalue weighted by Crippen LogP contribution is -2.28. The molecule has 0 amide bonds. The second-order valence-electron chi connectivity index (χ2n) is 17.0. The number of carbonyl (C=O) groups excluding carboxylic acids is 2. The lowest BCUT2D eigenvalue weighted by molar-refractivity contribution is -0.152. The van der Waals surface area contributed by atoms with Crippen molar-refractivity contribution < 1.29 is 19.1 Å². The molecule has 0 aliphatic heterocycles. The smallest absolute Gasteiger partial charge is 0.305 e. The molecule has 0 saturated carbocycles. The number of hydrogen-bond donors (Lipinski definition) is 0. The standard InChI is InChI=1S/C49H92O4/c1-5-7-9-11-13-15-17-19-21-23-25-27-29-31-33-35-37-39-41-43-47(50)52-45-49(3,4)46-53-48(51)44-42-40-38-36-34-32-30-28-26-24-22-20-18-16-14-12-10-8-6-2/h19-22H,5-18,23-46H2,1-4H3/b21-19-,22-20-. The Labute approximate surface area is 331 Å². The lowest BCUT2D eigenvalue weighted by atomic mass is 9.96. The lowest BCUT2D eigenvalue weighted by Gasteiger charge is -2.23. The van der Waals surface area contributed by atoms with Gasteiger partial charge in [0.1, 0.15) is 0 Å². The molecule has 53 heavy (non-hydrogen) atoms. The van der Waals surface area contributed by atoms with Crippen LogP contribution in [0.15, 0.2) is 24.3 Å². The van der Waals surface area contributed by atoms with Gasteiger partial charge >= 0.3 is 11.9 Å². The van der Waals surface area contributed by atoms with E-state index in [1.54, 1.807) is 0 Å². The molecule has 0 heterocycles. The second-order valence-corrected chi connectivity index (χ2v) is 17.0. The van der Waals surface area contributed by atoms with Gasteiger partial charge in [-0.15, -0.1) is 0 Å². The average molecular weight is 745 g/mol. The SMILES string of the molecule is CCCCCCCC/C=C\CCCCCCCCCCCC(=O)OCC(C)(C)COC(=O)CCCCCCCCCCC/C=C\CCCCCCCC. The van der Waals surface area contributed by atoms with Gasteiger partial charge in [0, 0.05) is 18.3 Å². The van der Waals surface area contributed by atoms with E-state index < -0.39 is 0 Å². The second kappa shape index (κ2) is 41.6. The Bertz CT molecular complexity index is 762. The van der Waals surface area contributed by atoms with E-state index in [1.807, 2.05) is 13.8 Å². The third-order valence-electron chi connectivity index (χ3n) is 10.5. The summed E-state index contributed by atoms with van der Waals surface area (Å²) in [5, 5.41) is 0. The van der Waals surface area contributed by atoms with Gasteiger partial charge in [0.2, 0.25) is 0 Å². The van der Waals surface area contributed by atoms with E-state index >= 15 is 0 Å². The molecule has 4 nitrogen and oxygen atoms in total. The fraction of sp³-hybridized carbons (Fsp3) is 0.878. The molecule has 0 aromatic heterocycles. The van der Waals surface area contributed by atoms with Gasteiger partial charge in [-0.3, -0.25) is 9.59 Å². The molecule has 0 aliphatic carbocycles. The van der Waals surface area contributed by atoms with Crippen molar-refractivity contribution in [1.29, 1.82) is 0 Å². The van der Waals surface area contributed by atoms with E-state index in [-0.39, 0.29) is 17.4 Å². The molecule has 0 rings (SSSR count). The topological polar surface area (TPSA) is 52.6 Å². The molecule has 0 atom stereocenters. The first-order chi connectivity index (χ1) is 25.9. The van der Waals surface area contributed by atoms with Crippen LogP contribution in [0, 0.1) is 5.41 Å². The molecule has 0 aromatic carbocycles. The highest BCUT2D eigenvalue weighted by atomic mass is 16.5. The highest BCUT2D eigenvalue weighted by Gasteiger charge is 2.22. The predicted octanol–water partition coefficient (Wildman–Crippen LogP) is 16.3. The highest BCUT2D eigenvalue weighted by molar-refractivity contribution is 5.69. The van der Waals surface area contributed by atoms with Crippen LogP contribution in [-0.2, 0) is 19.1 Å². The van der Waals surface area contributed by atoms with Crippen molar-refractivity contribution in [3.63, 3.8) is 0 Å². The summed E-state index contributed by atoms with van der Waals surface area (Å²) in [6, 6.07) is 0. The minimum Gasteiger partial charge on any atom is -0.465 e. The van der Waals surface area contributed by atoms with Crippen molar-refractivity contribution in [2.45, 2.75) is 259 Å². The van der Waals surface area contributed by atoms with Crippen molar-refractivity contribution in [2.75, 3.05) is 13.2 Å². The minimum atomic E-state index is -0.362. The van der Waals surface area contributed by atoms with Crippen LogP contribution in [0.1, 0.15) is 259 Å². The van der Waals surface area contributed by atoms with Gasteiger partial charge in [0.15, 0.2) is 0 Å². The van der Waals surface area contributed by atoms with Crippen molar-refractivity contribution in [2.24, 2.45) is 5.41 Å². The molecule has 0 unspecified atom stereocenters. The fourth-order valence-electron chi connectivity index (χ4n) is 6.83. The summed E-state index contributed by atoms with van der Waals surface area (Å²) in [6.45, 7) is 9.14. The average Bonchev–Trinajstić information content (AvgIpc) is 3.15. The molecule has 0 N–H and O–H groups in total. The number of esters is 2. The minimum absolute atomic E-state index is 0.128. The van der Waals surface area contributed by atoms with Gasteiger partial charge in [-0.25, -0.2) is 0 Å². The number of carbonyl (C=O) groups is 2. The van der Waals surface area contributed by atoms with E-state index in [0.29, 0.717) is 26.1 Å². The molecule has 0 radical (unpaired) electrons. The molecule has 312 valence electrons. The fourth-order valence-corrected chi connectivity index (χ4v) is 6.83. The first-order valence-corrected chi connectivity index (χ1v) is 23.5. The van der Waals surface area contributed by atoms with Gasteiger partial charge in [-0.2, -0.15) is 0 Å². The van der Waals surface area contributed by atoms with Crippen LogP contribution in [0.5, 0.6) is 0 Å². The van der Waals surface area contributed by atoms with Gasteiger partial charge in [-0.1, -0.05) is 206 Å². The number of hydrogen-bond acceptors (Lipinski definition) is 4. The Morgan fingerprint density at radius 3 is 0.849 bits per heavy atom. The third-order valence-corrected chi connectivity index (χ3v) is 10.5. The van der Waals surface area contributed by atoms with Gasteiger partial charge in [0.25, 0.3) is 0 Å². The Hall–Kier alpha value is -1.58. The monoisotopic (exact) mass is 745 g/mol. The zero-order chi connectivity index (χ0) is 38.8. The summed E-state index contributed by atoms with van der Waals surface area (Å²) < 4.78 is 11.1. The maximum Gasteiger partial charge on any atom is 0.305 e. The zero-order valence-corrected chi connectivity index (χ0v) is 36.3. The van der Waals surface area contributed by atoms with Crippen LogP contribution < -0.4 is 0 Å². The summed E-state index contributed by atoms with van der Waals surface area (Å²) in [6.07, 6.45) is 54.4. The summed E-state index contributed by atoms with van der Waals surface area (Å²) in [4.78, 5) is 24.5. The van der Waals surface area contributed by atoms with Gasteiger partial charge < -0.3 is 9.47 Å². The number of ether oxygens (including phenoxy) is 2. The largest absolute Gasteiger partial charge is 0.465 e. The third kappa shape index (κ3) is 43.0. The molecule has 4 heteroatoms. The quantitative estimate of drug-likeness (QED) is 0.0355. The maximum atomic E-state index is 12.3. The van der Waals surface area contributed by atoms with Crippen molar-refractivity contribution in [3.05, 3.63) is 24.3 Å². The van der Waals surface area contributed by atoms with Crippen LogP contribution in [0.25, 0.3) is 0 Å². The molecular formula is C49H92O4. The van der Waals surface area contributed by atoms with Gasteiger partial charge in [0.05, 0.1) is 13.2 Å². The number of allylic oxidation sites excluding steroid dienone is 4. The van der Waals surface area contributed by atoms with Crippen LogP contribution in [0.4, 0.5) is 0 Å². The van der Waals surface area contributed by atoms with Crippen LogP contribution >= 0.6 is 0 Å². The van der Waals surface area contributed by atoms with Gasteiger partial charge in [-0.05, 0) is 64.2 Å². The molecule has 0 aliphatic rings. The van der Waals surface area contributed by atoms with E-state index in [1.165, 1.54) is 193 Å². The first kappa shape index (κ1) is 51.4. The highest BCUT2D eigenvalue weighted by Crippen LogP contribution is 2.19. The zero-order valence-electron chi connectivity index (χ0n) is 36.3. The number of rotatable bonds is 42. The predicted molar refractivity (Wildman–Crippen MR) is 232 cm³/mol. The first-order valence-electron chi connectivity index (χ1n) is 23.5. The normalized spacial score (nSPS) is 12.0. The Morgan fingerprint density at radius 2 is 0.585 bits per heavy atom. The van der Waals surface area contributed by atoms with Crippen LogP contribution in [0.3, 0.4) is 0 Å². The Morgan fingerprint density at radius 1 is 0.358 bits per heavy atom. The summed E-state index contributed by atoms with van der Waals surface area (Å²) >= 11 is 0. The van der Waals surface area contributed by atoms with Crippen molar-refractivity contribution in [1.82, 2.24) is 0 Å². The van der Waals surface area contributed by atoms with Crippen LogP contribution in [0.2, 0.25) is 0 Å². The molecule has 0 spiro atoms. The summed E-state index contributed by atoms with van der Waals surface area (Å²) in [5.74, 6) is -0.256. The van der Waals surface area contributed by atoms with Crippen molar-refractivity contribution >= 4 is 11.9 Å². The van der Waals surface area contributed by atoms with E-state index in [0.717, 1.165) is 25.7 Å².